The first-order chi connectivity index (χ1) is 17.6. The fourth-order valence-electron chi connectivity index (χ4n) is 4.16. The first kappa shape index (κ1) is 21.9. The number of rotatable bonds is 4. The minimum absolute atomic E-state index is 0.234. The Bertz CT molecular complexity index is 1740. The second kappa shape index (κ2) is 8.91. The van der Waals surface area contributed by atoms with Crippen molar-refractivity contribution < 1.29 is 4.39 Å². The average molecular weight is 493 g/mol. The third-order valence-corrected chi connectivity index (χ3v) is 6.23. The van der Waals surface area contributed by atoms with E-state index < -0.39 is 0 Å². The normalized spacial score (nSPS) is 11.2. The van der Waals surface area contributed by atoms with Crippen LogP contribution in [0.5, 0.6) is 0 Å². The molecular formula is C29H18ClFN4O. The summed E-state index contributed by atoms with van der Waals surface area (Å²) in [6.45, 7) is 0. The maximum atomic E-state index is 13.8. The molecule has 0 unspecified atom stereocenters. The number of fused-ring (bicyclic) bond motifs is 1. The van der Waals surface area contributed by atoms with Crippen molar-refractivity contribution >= 4 is 22.6 Å². The van der Waals surface area contributed by atoms with Crippen LogP contribution in [0.3, 0.4) is 0 Å². The fraction of sp³-hybridized carbons (Fsp3) is 0. The van der Waals surface area contributed by atoms with Gasteiger partial charge in [-0.1, -0.05) is 66.2 Å². The monoisotopic (exact) mass is 492 g/mol. The summed E-state index contributed by atoms with van der Waals surface area (Å²) in [6, 6.07) is 30.6. The van der Waals surface area contributed by atoms with Crippen molar-refractivity contribution in [3.8, 4) is 33.9 Å². The lowest BCUT2D eigenvalue weighted by molar-refractivity contribution is 0.628. The molecule has 0 saturated carbocycles. The molecule has 2 heterocycles. The molecular weight excluding hydrogens is 475 g/mol. The molecule has 6 rings (SSSR count). The van der Waals surface area contributed by atoms with Crippen LogP contribution in [0.2, 0.25) is 5.02 Å². The van der Waals surface area contributed by atoms with Gasteiger partial charge in [-0.3, -0.25) is 9.36 Å². The van der Waals surface area contributed by atoms with Crippen LogP contribution in [0.25, 0.3) is 44.9 Å². The Morgan fingerprint density at radius 2 is 1.31 bits per heavy atom. The Hall–Kier alpha value is -4.55. The molecule has 0 bridgehead atoms. The van der Waals surface area contributed by atoms with Gasteiger partial charge in [0.25, 0.3) is 5.56 Å². The number of aromatic nitrogens is 4. The van der Waals surface area contributed by atoms with E-state index in [0.29, 0.717) is 27.6 Å². The van der Waals surface area contributed by atoms with E-state index in [1.54, 1.807) is 51.8 Å². The molecule has 0 aliphatic heterocycles. The molecule has 0 amide bonds. The lowest BCUT2D eigenvalue weighted by atomic mass is 10.0. The molecule has 0 saturated heterocycles. The predicted molar refractivity (Wildman–Crippen MR) is 140 cm³/mol. The summed E-state index contributed by atoms with van der Waals surface area (Å²) in [4.78, 5) is 18.6. The van der Waals surface area contributed by atoms with Gasteiger partial charge in [0.1, 0.15) is 17.0 Å². The highest BCUT2D eigenvalue weighted by atomic mass is 35.5. The lowest BCUT2D eigenvalue weighted by Crippen LogP contribution is -2.21. The lowest BCUT2D eigenvalue weighted by Gasteiger charge is -2.13. The Morgan fingerprint density at radius 3 is 1.97 bits per heavy atom. The molecule has 2 aromatic heterocycles. The number of para-hydroxylation sites is 1. The number of benzene rings is 4. The van der Waals surface area contributed by atoms with Crippen molar-refractivity contribution in [2.24, 2.45) is 0 Å². The molecule has 4 aromatic carbocycles. The van der Waals surface area contributed by atoms with Gasteiger partial charge in [0.15, 0.2) is 5.65 Å². The average Bonchev–Trinajstić information content (AvgIpc) is 3.35. The van der Waals surface area contributed by atoms with Gasteiger partial charge in [-0.2, -0.15) is 0 Å². The third kappa shape index (κ3) is 3.97. The van der Waals surface area contributed by atoms with Crippen molar-refractivity contribution in [1.29, 1.82) is 0 Å². The molecule has 0 N–H and O–H groups in total. The topological polar surface area (TPSA) is 52.7 Å². The summed E-state index contributed by atoms with van der Waals surface area (Å²) < 4.78 is 16.6. The highest BCUT2D eigenvalue weighted by Crippen LogP contribution is 2.27. The quantitative estimate of drug-likeness (QED) is 0.275. The highest BCUT2D eigenvalue weighted by molar-refractivity contribution is 6.30. The number of hydrogen-bond donors (Lipinski definition) is 0. The molecule has 0 aliphatic rings. The van der Waals surface area contributed by atoms with E-state index in [9.17, 15) is 9.18 Å². The van der Waals surface area contributed by atoms with Crippen molar-refractivity contribution in [3.05, 3.63) is 131 Å². The van der Waals surface area contributed by atoms with Crippen molar-refractivity contribution in [1.82, 2.24) is 19.3 Å². The smallest absolute Gasteiger partial charge is 0.268 e. The first-order valence-corrected chi connectivity index (χ1v) is 11.6. The van der Waals surface area contributed by atoms with E-state index in [4.69, 9.17) is 16.6 Å². The summed E-state index contributed by atoms with van der Waals surface area (Å²) in [5.74, 6) is 0.175. The molecule has 5 nitrogen and oxygen atoms in total. The highest BCUT2D eigenvalue weighted by Gasteiger charge is 2.18. The third-order valence-electron chi connectivity index (χ3n) is 5.98. The van der Waals surface area contributed by atoms with Crippen LogP contribution < -0.4 is 5.56 Å². The molecule has 6 aromatic rings. The molecule has 0 aliphatic carbocycles. The molecule has 0 atom stereocenters. The van der Waals surface area contributed by atoms with Crippen LogP contribution in [0.15, 0.2) is 114 Å². The van der Waals surface area contributed by atoms with Crippen molar-refractivity contribution in [2.75, 3.05) is 0 Å². The van der Waals surface area contributed by atoms with Crippen molar-refractivity contribution in [3.63, 3.8) is 0 Å². The zero-order chi connectivity index (χ0) is 24.6. The van der Waals surface area contributed by atoms with E-state index in [-0.39, 0.29) is 11.4 Å². The zero-order valence-corrected chi connectivity index (χ0v) is 19.6. The van der Waals surface area contributed by atoms with Crippen LogP contribution in [-0.2, 0) is 0 Å². The maximum Gasteiger partial charge on any atom is 0.269 e. The van der Waals surface area contributed by atoms with Gasteiger partial charge in [-0.15, -0.1) is 5.10 Å². The Balaban J connectivity index is 1.54. The van der Waals surface area contributed by atoms with E-state index in [1.807, 2.05) is 54.6 Å². The molecule has 0 fully saturated rings. The van der Waals surface area contributed by atoms with Gasteiger partial charge in [0.2, 0.25) is 0 Å². The summed E-state index contributed by atoms with van der Waals surface area (Å²) in [6.07, 6.45) is 1.70. The van der Waals surface area contributed by atoms with Crippen LogP contribution >= 0.6 is 11.6 Å². The minimum atomic E-state index is -0.283. The molecule has 0 radical (unpaired) electrons. The zero-order valence-electron chi connectivity index (χ0n) is 18.8. The number of hydrogen-bond acceptors (Lipinski definition) is 3. The van der Waals surface area contributed by atoms with E-state index in [2.05, 4.69) is 5.10 Å². The Labute approximate surface area is 210 Å². The second-order valence-corrected chi connectivity index (χ2v) is 8.72. The molecule has 36 heavy (non-hydrogen) atoms. The van der Waals surface area contributed by atoms with Crippen molar-refractivity contribution in [2.45, 2.75) is 0 Å². The van der Waals surface area contributed by atoms with Gasteiger partial charge in [-0.05, 0) is 59.7 Å². The maximum absolute atomic E-state index is 13.8. The largest absolute Gasteiger partial charge is 0.269 e. The van der Waals surface area contributed by atoms with Gasteiger partial charge in [-0.25, -0.2) is 14.1 Å². The first-order valence-electron chi connectivity index (χ1n) is 11.3. The van der Waals surface area contributed by atoms with Crippen LogP contribution in [0, 0.1) is 5.82 Å². The second-order valence-electron chi connectivity index (χ2n) is 8.28. The van der Waals surface area contributed by atoms with E-state index in [1.165, 1.54) is 12.1 Å². The summed E-state index contributed by atoms with van der Waals surface area (Å²) in [7, 11) is 0. The standard InChI is InChI=1S/C29H18ClFN4O/c30-22-12-16-25(17-13-22)35-28(21-8-6-19(7-9-21)20-10-14-23(31)15-11-20)32-27-26(29(35)36)18-34(33-27)24-4-2-1-3-5-24/h1-18H. The number of nitrogens with zero attached hydrogens (tertiary/aromatic N) is 4. The summed E-state index contributed by atoms with van der Waals surface area (Å²) in [5, 5.41) is 5.56. The van der Waals surface area contributed by atoms with E-state index >= 15 is 0 Å². The van der Waals surface area contributed by atoms with Crippen LogP contribution in [0.4, 0.5) is 4.39 Å². The van der Waals surface area contributed by atoms with Crippen LogP contribution in [0.1, 0.15) is 0 Å². The van der Waals surface area contributed by atoms with Gasteiger partial charge >= 0.3 is 0 Å². The van der Waals surface area contributed by atoms with Gasteiger partial charge in [0.05, 0.1) is 11.4 Å². The minimum Gasteiger partial charge on any atom is -0.268 e. The fourth-order valence-corrected chi connectivity index (χ4v) is 4.28. The predicted octanol–water partition coefficient (Wildman–Crippen LogP) is 6.70. The summed E-state index contributed by atoms with van der Waals surface area (Å²) >= 11 is 6.11. The molecule has 7 heteroatoms. The van der Waals surface area contributed by atoms with Gasteiger partial charge < -0.3 is 0 Å². The van der Waals surface area contributed by atoms with Gasteiger partial charge in [0, 0.05) is 16.8 Å². The summed E-state index contributed by atoms with van der Waals surface area (Å²) in [5.41, 5.74) is 4.15. The van der Waals surface area contributed by atoms with E-state index in [0.717, 1.165) is 22.4 Å². The molecule has 174 valence electrons. The SMILES string of the molecule is O=c1c2cn(-c3ccccc3)nc2nc(-c2ccc(-c3ccc(F)cc3)cc2)n1-c1ccc(Cl)cc1. The Kier molecular flexibility index (Phi) is 5.43. The molecule has 0 spiro atoms. The number of halogens is 2. The Morgan fingerprint density at radius 1 is 0.694 bits per heavy atom. The van der Waals surface area contributed by atoms with Crippen LogP contribution in [-0.4, -0.2) is 19.3 Å².